The lowest BCUT2D eigenvalue weighted by molar-refractivity contribution is 0.563. The van der Waals surface area contributed by atoms with Gasteiger partial charge < -0.3 is 9.73 Å². The summed E-state index contributed by atoms with van der Waals surface area (Å²) in [7, 11) is 0. The topological polar surface area (TPSA) is 78.9 Å². The van der Waals surface area contributed by atoms with Crippen molar-refractivity contribution in [1.82, 2.24) is 4.98 Å². The Morgan fingerprint density at radius 1 is 1.21 bits per heavy atom. The number of allylic oxidation sites excluding steroid dienone is 1. The van der Waals surface area contributed by atoms with Gasteiger partial charge in [0.25, 0.3) is 0 Å². The zero-order chi connectivity index (χ0) is 20.4. The highest BCUT2D eigenvalue weighted by Crippen LogP contribution is 2.28. The standard InChI is InChI=1S/C21H11Cl2N3O2S/c22-14-5-6-16(23)17(8-14)25-10-13(9-24)20-26-18(11-29-20)15-7-12-3-1-2-4-19(12)28-21(15)27/h1-8,10-11,25H. The van der Waals surface area contributed by atoms with E-state index < -0.39 is 5.63 Å². The van der Waals surface area contributed by atoms with Gasteiger partial charge in [0.15, 0.2) is 0 Å². The summed E-state index contributed by atoms with van der Waals surface area (Å²) in [4.78, 5) is 16.8. The van der Waals surface area contributed by atoms with Crippen molar-refractivity contribution in [2.24, 2.45) is 0 Å². The molecule has 2 aromatic carbocycles. The van der Waals surface area contributed by atoms with Crippen LogP contribution in [0.3, 0.4) is 0 Å². The van der Waals surface area contributed by atoms with Gasteiger partial charge >= 0.3 is 5.63 Å². The van der Waals surface area contributed by atoms with E-state index in [-0.39, 0.29) is 0 Å². The Hall–Kier alpha value is -3.11. The van der Waals surface area contributed by atoms with Crippen LogP contribution in [0.1, 0.15) is 5.01 Å². The van der Waals surface area contributed by atoms with E-state index in [9.17, 15) is 10.1 Å². The predicted molar refractivity (Wildman–Crippen MR) is 117 cm³/mol. The van der Waals surface area contributed by atoms with E-state index in [1.807, 2.05) is 12.1 Å². The molecule has 2 aromatic heterocycles. The van der Waals surface area contributed by atoms with Crippen molar-refractivity contribution < 1.29 is 4.42 Å². The number of thiazole rings is 1. The molecule has 29 heavy (non-hydrogen) atoms. The molecular formula is C21H11Cl2N3O2S. The number of hydrogen-bond donors (Lipinski definition) is 1. The van der Waals surface area contributed by atoms with Gasteiger partial charge in [0, 0.05) is 22.0 Å². The Morgan fingerprint density at radius 2 is 2.03 bits per heavy atom. The fourth-order valence-electron chi connectivity index (χ4n) is 2.66. The Balaban J connectivity index is 1.67. The maximum Gasteiger partial charge on any atom is 0.345 e. The Labute approximate surface area is 179 Å². The molecule has 0 unspecified atom stereocenters. The van der Waals surface area contributed by atoms with Crippen LogP contribution in [0, 0.1) is 11.3 Å². The number of para-hydroxylation sites is 1. The molecule has 0 atom stereocenters. The SMILES string of the molecule is N#CC(=CNc1cc(Cl)ccc1Cl)c1nc(-c2cc3ccccc3oc2=O)cs1. The number of anilines is 1. The van der Waals surface area contributed by atoms with Crippen molar-refractivity contribution >= 4 is 56.8 Å². The first-order chi connectivity index (χ1) is 14.0. The van der Waals surface area contributed by atoms with Crippen molar-refractivity contribution in [1.29, 1.82) is 5.26 Å². The van der Waals surface area contributed by atoms with E-state index in [0.717, 1.165) is 5.39 Å². The molecule has 142 valence electrons. The van der Waals surface area contributed by atoms with Crippen LogP contribution in [-0.2, 0) is 0 Å². The largest absolute Gasteiger partial charge is 0.422 e. The molecule has 0 aliphatic heterocycles. The summed E-state index contributed by atoms with van der Waals surface area (Å²) in [6.07, 6.45) is 1.50. The van der Waals surface area contributed by atoms with Gasteiger partial charge in [-0.1, -0.05) is 41.4 Å². The molecule has 1 N–H and O–H groups in total. The molecular weight excluding hydrogens is 429 g/mol. The lowest BCUT2D eigenvalue weighted by Crippen LogP contribution is -2.02. The van der Waals surface area contributed by atoms with Crippen molar-refractivity contribution in [3.63, 3.8) is 0 Å². The average Bonchev–Trinajstić information content (AvgIpc) is 3.20. The summed E-state index contributed by atoms with van der Waals surface area (Å²) in [5.74, 6) is 0. The second-order valence-electron chi connectivity index (χ2n) is 5.96. The third-order valence-corrected chi connectivity index (χ3v) is 5.51. The Bertz CT molecular complexity index is 1350. The second kappa shape index (κ2) is 8.10. The van der Waals surface area contributed by atoms with E-state index in [2.05, 4.69) is 16.4 Å². The Morgan fingerprint density at radius 3 is 2.86 bits per heavy atom. The van der Waals surface area contributed by atoms with E-state index in [1.165, 1.54) is 17.5 Å². The van der Waals surface area contributed by atoms with Crippen LogP contribution in [0.2, 0.25) is 10.0 Å². The van der Waals surface area contributed by atoms with Crippen molar-refractivity contribution in [2.75, 3.05) is 5.32 Å². The highest BCUT2D eigenvalue weighted by molar-refractivity contribution is 7.11. The summed E-state index contributed by atoms with van der Waals surface area (Å²) in [6, 6.07) is 16.1. The highest BCUT2D eigenvalue weighted by Gasteiger charge is 2.14. The van der Waals surface area contributed by atoms with E-state index in [4.69, 9.17) is 27.6 Å². The third kappa shape index (κ3) is 4.03. The number of hydrogen-bond acceptors (Lipinski definition) is 6. The summed E-state index contributed by atoms with van der Waals surface area (Å²) in [5, 5.41) is 16.5. The summed E-state index contributed by atoms with van der Waals surface area (Å²) in [6.45, 7) is 0. The first-order valence-corrected chi connectivity index (χ1v) is 10.00. The van der Waals surface area contributed by atoms with Crippen LogP contribution < -0.4 is 10.9 Å². The van der Waals surface area contributed by atoms with Crippen molar-refractivity contribution in [2.45, 2.75) is 0 Å². The maximum absolute atomic E-state index is 12.3. The summed E-state index contributed by atoms with van der Waals surface area (Å²) >= 11 is 13.4. The molecule has 4 rings (SSSR count). The van der Waals surface area contributed by atoms with Gasteiger partial charge in [0.05, 0.1) is 22.0 Å². The maximum atomic E-state index is 12.3. The molecule has 0 aliphatic carbocycles. The second-order valence-corrected chi connectivity index (χ2v) is 7.66. The molecule has 0 fully saturated rings. The number of nitrogens with one attached hydrogen (secondary N) is 1. The quantitative estimate of drug-likeness (QED) is 0.302. The monoisotopic (exact) mass is 439 g/mol. The van der Waals surface area contributed by atoms with Crippen LogP contribution in [0.4, 0.5) is 5.69 Å². The fraction of sp³-hybridized carbons (Fsp3) is 0. The molecule has 0 spiro atoms. The molecule has 0 radical (unpaired) electrons. The number of fused-ring (bicyclic) bond motifs is 1. The van der Waals surface area contributed by atoms with Crippen LogP contribution in [0.15, 0.2) is 69.3 Å². The molecule has 2 heterocycles. The average molecular weight is 440 g/mol. The molecule has 0 amide bonds. The number of rotatable bonds is 4. The van der Waals surface area contributed by atoms with Crippen molar-refractivity contribution in [3.8, 4) is 17.3 Å². The van der Waals surface area contributed by atoms with Crippen LogP contribution in [-0.4, -0.2) is 4.98 Å². The molecule has 0 bridgehead atoms. The van der Waals surface area contributed by atoms with E-state index in [0.29, 0.717) is 43.2 Å². The van der Waals surface area contributed by atoms with Gasteiger partial charge in [-0.2, -0.15) is 5.26 Å². The van der Waals surface area contributed by atoms with Gasteiger partial charge in [0.2, 0.25) is 0 Å². The lowest BCUT2D eigenvalue weighted by Gasteiger charge is -2.04. The minimum Gasteiger partial charge on any atom is -0.422 e. The van der Waals surface area contributed by atoms with Gasteiger partial charge in [-0.3, -0.25) is 0 Å². The zero-order valence-electron chi connectivity index (χ0n) is 14.6. The minimum absolute atomic E-state index is 0.294. The number of benzene rings is 2. The first-order valence-electron chi connectivity index (χ1n) is 8.36. The first kappa shape index (κ1) is 19.2. The van der Waals surface area contributed by atoms with E-state index >= 15 is 0 Å². The van der Waals surface area contributed by atoms with Crippen molar-refractivity contribution in [3.05, 3.63) is 85.6 Å². The van der Waals surface area contributed by atoms with Crippen LogP contribution >= 0.6 is 34.5 Å². The highest BCUT2D eigenvalue weighted by atomic mass is 35.5. The Kier molecular flexibility index (Phi) is 5.36. The fourth-order valence-corrected chi connectivity index (χ4v) is 3.79. The van der Waals surface area contributed by atoms with Gasteiger partial charge in [-0.25, -0.2) is 9.78 Å². The normalized spacial score (nSPS) is 11.4. The molecule has 0 aliphatic rings. The number of halogens is 2. The molecule has 0 saturated heterocycles. The number of nitriles is 1. The number of nitrogens with zero attached hydrogens (tertiary/aromatic N) is 2. The van der Waals surface area contributed by atoms with Gasteiger partial charge in [-0.05, 0) is 30.3 Å². The molecule has 0 saturated carbocycles. The summed E-state index contributed by atoms with van der Waals surface area (Å²) in [5.41, 5.74) is 1.69. The van der Waals surface area contributed by atoms with Crippen LogP contribution in [0.25, 0.3) is 27.8 Å². The molecule has 8 heteroatoms. The lowest BCUT2D eigenvalue weighted by atomic mass is 10.1. The molecule has 5 nitrogen and oxygen atoms in total. The minimum atomic E-state index is -0.480. The summed E-state index contributed by atoms with van der Waals surface area (Å²) < 4.78 is 5.36. The van der Waals surface area contributed by atoms with Gasteiger partial charge in [-0.15, -0.1) is 11.3 Å². The third-order valence-electron chi connectivity index (χ3n) is 4.07. The zero-order valence-corrected chi connectivity index (χ0v) is 17.0. The predicted octanol–water partition coefficient (Wildman–Crippen LogP) is 6.20. The smallest absolute Gasteiger partial charge is 0.345 e. The van der Waals surface area contributed by atoms with E-state index in [1.54, 1.807) is 41.8 Å². The van der Waals surface area contributed by atoms with Gasteiger partial charge in [0.1, 0.15) is 22.2 Å². The van der Waals surface area contributed by atoms with Crippen LogP contribution in [0.5, 0.6) is 0 Å². The molecule has 4 aromatic rings. The number of aromatic nitrogens is 1.